The van der Waals surface area contributed by atoms with Crippen LogP contribution >= 0.6 is 0 Å². The number of hydrogen-bond donors (Lipinski definition) is 3. The van der Waals surface area contributed by atoms with Gasteiger partial charge in [-0.2, -0.15) is 0 Å². The van der Waals surface area contributed by atoms with Gasteiger partial charge in [0.05, 0.1) is 25.0 Å². The van der Waals surface area contributed by atoms with Gasteiger partial charge in [-0.1, -0.05) is 36.3 Å². The predicted molar refractivity (Wildman–Crippen MR) is 127 cm³/mol. The molecule has 2 heterocycles. The Labute approximate surface area is 206 Å². The summed E-state index contributed by atoms with van der Waals surface area (Å²) >= 11 is 0. The van der Waals surface area contributed by atoms with Crippen molar-refractivity contribution in [3.8, 4) is 12.3 Å². The molecule has 12 nitrogen and oxygen atoms in total. The number of ketones is 1. The highest BCUT2D eigenvalue weighted by Crippen LogP contribution is 2.23. The number of methoxy groups -OCH3 is 1. The molecule has 2 aromatic heterocycles. The molecular weight excluding hydrogens is 470 g/mol. The minimum atomic E-state index is -2.56. The summed E-state index contributed by atoms with van der Waals surface area (Å²) in [6.45, 7) is 0.949. The fourth-order valence-corrected chi connectivity index (χ4v) is 3.62. The average Bonchev–Trinajstić information content (AvgIpc) is 3.26. The number of aromatic nitrogens is 4. The molecule has 0 aliphatic heterocycles. The number of nitrogens with two attached hydrogens (primary N) is 1. The van der Waals surface area contributed by atoms with Gasteiger partial charge in [0.15, 0.2) is 23.1 Å². The molecule has 12 heteroatoms. The van der Waals surface area contributed by atoms with Gasteiger partial charge in [0.2, 0.25) is 0 Å². The van der Waals surface area contributed by atoms with Crippen molar-refractivity contribution in [2.75, 3.05) is 19.5 Å². The Bertz CT molecular complexity index is 1300. The number of Topliss-reactive ketones (excluding diaryl/α,β-unsaturated/α-hetero) is 1. The van der Waals surface area contributed by atoms with Crippen LogP contribution in [0.1, 0.15) is 23.1 Å². The minimum absolute atomic E-state index is 0.0291. The average molecular weight is 495 g/mol. The van der Waals surface area contributed by atoms with Crippen LogP contribution in [0.3, 0.4) is 0 Å². The number of aliphatic carboxylic acids is 2. The number of nitrogens with zero attached hydrogens (tertiary/aromatic N) is 4. The van der Waals surface area contributed by atoms with E-state index in [-0.39, 0.29) is 35.1 Å². The molecule has 3 aromatic rings. The molecular formula is C24H25N5O7. The van der Waals surface area contributed by atoms with Crippen molar-refractivity contribution in [3.05, 3.63) is 48.0 Å². The number of carboxylic acid groups (broad SMARTS) is 2. The van der Waals surface area contributed by atoms with Crippen molar-refractivity contribution < 1.29 is 34.1 Å². The van der Waals surface area contributed by atoms with E-state index >= 15 is 0 Å². The predicted octanol–water partition coefficient (Wildman–Crippen LogP) is 1.04. The largest absolute Gasteiger partial charge is 0.479 e. The maximum absolute atomic E-state index is 12.1. The summed E-state index contributed by atoms with van der Waals surface area (Å²) in [6.07, 6.45) is 5.85. The van der Waals surface area contributed by atoms with Gasteiger partial charge in [-0.25, -0.2) is 24.5 Å². The number of terminal acetylenes is 1. The maximum atomic E-state index is 12.1. The van der Waals surface area contributed by atoms with Crippen molar-refractivity contribution in [1.82, 2.24) is 19.5 Å². The molecule has 4 N–H and O–H groups in total. The van der Waals surface area contributed by atoms with Crippen LogP contribution in [-0.2, 0) is 32.0 Å². The van der Waals surface area contributed by atoms with Gasteiger partial charge < -0.3 is 30.0 Å². The Morgan fingerprint density at radius 2 is 1.86 bits per heavy atom. The molecule has 0 aliphatic rings. The number of carboxylic acids is 2. The fourth-order valence-electron chi connectivity index (χ4n) is 3.62. The molecule has 0 saturated carbocycles. The van der Waals surface area contributed by atoms with E-state index in [2.05, 4.69) is 20.9 Å². The number of carbonyl (C=O) groups is 3. The van der Waals surface area contributed by atoms with Gasteiger partial charge in [-0.15, -0.1) is 6.42 Å². The lowest BCUT2D eigenvalue weighted by Crippen LogP contribution is -2.52. The summed E-state index contributed by atoms with van der Waals surface area (Å²) in [5, 5.41) is 19.6. The molecule has 1 aromatic carbocycles. The number of carbonyl (C=O) groups excluding carboxylic acids is 1. The van der Waals surface area contributed by atoms with Crippen LogP contribution in [0.4, 0.5) is 5.82 Å². The van der Waals surface area contributed by atoms with Crippen molar-refractivity contribution in [1.29, 1.82) is 0 Å². The molecule has 0 aliphatic carbocycles. The number of anilines is 1. The molecule has 36 heavy (non-hydrogen) atoms. The second-order valence-corrected chi connectivity index (χ2v) is 8.02. The van der Waals surface area contributed by atoms with E-state index < -0.39 is 42.6 Å². The van der Waals surface area contributed by atoms with Crippen LogP contribution in [0.5, 0.6) is 0 Å². The summed E-state index contributed by atoms with van der Waals surface area (Å²) in [7, 11) is 1.35. The summed E-state index contributed by atoms with van der Waals surface area (Å²) in [6, 6.07) is 8.27. The first-order valence-corrected chi connectivity index (χ1v) is 10.8. The molecule has 1 unspecified atom stereocenters. The third-order valence-electron chi connectivity index (χ3n) is 5.65. The highest BCUT2D eigenvalue weighted by molar-refractivity contribution is 6.02. The van der Waals surface area contributed by atoms with E-state index in [0.717, 1.165) is 0 Å². The quantitative estimate of drug-likeness (QED) is 0.186. The van der Waals surface area contributed by atoms with Crippen LogP contribution in [-0.4, -0.2) is 72.9 Å². The lowest BCUT2D eigenvalue weighted by atomic mass is 9.94. The Balaban J connectivity index is 1.86. The lowest BCUT2D eigenvalue weighted by Gasteiger charge is -2.29. The monoisotopic (exact) mass is 495 g/mol. The zero-order valence-corrected chi connectivity index (χ0v) is 19.6. The lowest BCUT2D eigenvalue weighted by molar-refractivity contribution is -0.188. The summed E-state index contributed by atoms with van der Waals surface area (Å²) in [4.78, 5) is 48.2. The minimum Gasteiger partial charge on any atom is -0.479 e. The Kier molecular flexibility index (Phi) is 7.98. The second kappa shape index (κ2) is 10.9. The topological polar surface area (TPSA) is 180 Å². The number of benzene rings is 1. The second-order valence-electron chi connectivity index (χ2n) is 8.02. The van der Waals surface area contributed by atoms with Gasteiger partial charge in [-0.05, 0) is 5.56 Å². The zero-order chi connectivity index (χ0) is 26.5. The van der Waals surface area contributed by atoms with E-state index in [0.29, 0.717) is 5.56 Å². The maximum Gasteiger partial charge on any atom is 0.348 e. The van der Waals surface area contributed by atoms with Crippen molar-refractivity contribution >= 4 is 34.7 Å². The van der Waals surface area contributed by atoms with E-state index in [1.165, 1.54) is 20.4 Å². The van der Waals surface area contributed by atoms with E-state index in [1.54, 1.807) is 34.9 Å². The summed E-state index contributed by atoms with van der Waals surface area (Å²) in [5.41, 5.74) is 4.36. The Morgan fingerprint density at radius 3 is 2.42 bits per heavy atom. The first-order chi connectivity index (χ1) is 17.1. The molecule has 0 radical (unpaired) electrons. The van der Waals surface area contributed by atoms with Crippen LogP contribution < -0.4 is 5.73 Å². The van der Waals surface area contributed by atoms with Crippen LogP contribution in [0.15, 0.2) is 36.7 Å². The zero-order valence-electron chi connectivity index (χ0n) is 19.6. The standard InChI is InChI=1S/C24H25N5O7/c1-4-16(11-29-13-26-18-19(25)27-20(14(2)30)28-21(18)29)17(35-3)12-36-24(22(31)32,23(33)34)10-15-8-6-5-7-9-15/h1,5-9,13,16-17H,10-12H2,2-3H3,(H,31,32)(H,33,34)(H2,25,27,28)/t16-,17?/m1/s1. The van der Waals surface area contributed by atoms with Crippen LogP contribution in [0.2, 0.25) is 0 Å². The number of fused-ring (bicyclic) bond motifs is 1. The number of imidazole rings is 1. The molecule has 0 fully saturated rings. The first kappa shape index (κ1) is 26.3. The van der Waals surface area contributed by atoms with Crippen LogP contribution in [0, 0.1) is 18.3 Å². The summed E-state index contributed by atoms with van der Waals surface area (Å²) in [5.74, 6) is -1.91. The SMILES string of the molecule is C#C[C@H](Cn1cnc2c(N)nc(C(C)=O)nc21)C(COC(Cc1ccccc1)(C(=O)O)C(=O)O)OC. The smallest absolute Gasteiger partial charge is 0.348 e. The van der Waals surface area contributed by atoms with Crippen LogP contribution in [0.25, 0.3) is 11.2 Å². The fraction of sp³-hybridized carbons (Fsp3) is 0.333. The Morgan fingerprint density at radius 1 is 1.19 bits per heavy atom. The normalized spacial score (nSPS) is 13.1. The third kappa shape index (κ3) is 5.32. The Hall–Kier alpha value is -4.34. The van der Waals surface area contributed by atoms with Gasteiger partial charge in [0.1, 0.15) is 5.52 Å². The molecule has 188 valence electrons. The number of hydrogen-bond acceptors (Lipinski definition) is 9. The molecule has 0 spiro atoms. The van der Waals surface area contributed by atoms with Crippen molar-refractivity contribution in [3.63, 3.8) is 0 Å². The van der Waals surface area contributed by atoms with E-state index in [1.807, 2.05) is 0 Å². The highest BCUT2D eigenvalue weighted by Gasteiger charge is 2.49. The van der Waals surface area contributed by atoms with Crippen molar-refractivity contribution in [2.45, 2.75) is 31.6 Å². The molecule has 0 amide bonds. The van der Waals surface area contributed by atoms with E-state index in [9.17, 15) is 24.6 Å². The highest BCUT2D eigenvalue weighted by atomic mass is 16.6. The number of rotatable bonds is 12. The van der Waals surface area contributed by atoms with Gasteiger partial charge in [-0.3, -0.25) is 4.79 Å². The number of nitrogen functional groups attached to an aromatic ring is 1. The van der Waals surface area contributed by atoms with Gasteiger partial charge in [0, 0.05) is 27.0 Å². The molecule has 0 saturated heterocycles. The summed E-state index contributed by atoms with van der Waals surface area (Å²) < 4.78 is 12.5. The molecule has 2 atom stereocenters. The first-order valence-electron chi connectivity index (χ1n) is 10.8. The number of ether oxygens (including phenoxy) is 2. The molecule has 3 rings (SSSR count). The molecule has 0 bridgehead atoms. The third-order valence-corrected chi connectivity index (χ3v) is 5.65. The van der Waals surface area contributed by atoms with Crippen molar-refractivity contribution in [2.24, 2.45) is 5.92 Å². The van der Waals surface area contributed by atoms with Gasteiger partial charge in [0.25, 0.3) is 5.60 Å². The van der Waals surface area contributed by atoms with Gasteiger partial charge >= 0.3 is 11.9 Å². The van der Waals surface area contributed by atoms with E-state index in [4.69, 9.17) is 21.6 Å².